The summed E-state index contributed by atoms with van der Waals surface area (Å²) in [6, 6.07) is 0.599. The number of β-amino-alcohol motifs (C(OH)–C–C–N with tert-alkyl or cyclic N) is 1. The second kappa shape index (κ2) is 7.44. The van der Waals surface area contributed by atoms with Gasteiger partial charge in [-0.3, -0.25) is 14.9 Å². The Bertz CT molecular complexity index is 824. The van der Waals surface area contributed by atoms with Crippen molar-refractivity contribution < 1.29 is 33.1 Å². The Labute approximate surface area is 146 Å². The summed E-state index contributed by atoms with van der Waals surface area (Å²) < 4.78 is 32.7. The summed E-state index contributed by atoms with van der Waals surface area (Å²) >= 11 is 0. The number of nitro groups is 1. The van der Waals surface area contributed by atoms with Crippen LogP contribution < -0.4 is 5.32 Å². The fourth-order valence-electron chi connectivity index (χ4n) is 2.46. The fraction of sp³-hybridized carbons (Fsp3) is 0.333. The molecule has 1 aromatic carbocycles. The van der Waals surface area contributed by atoms with E-state index in [1.165, 1.54) is 0 Å². The van der Waals surface area contributed by atoms with Crippen LogP contribution in [0.5, 0.6) is 0 Å². The number of carbonyl (C=O) groups excluding carboxylic acids is 2. The molecule has 1 aliphatic rings. The van der Waals surface area contributed by atoms with Gasteiger partial charge in [-0.15, -0.1) is 0 Å². The molecule has 1 aromatic rings. The van der Waals surface area contributed by atoms with Crippen molar-refractivity contribution in [1.29, 1.82) is 0 Å². The summed E-state index contributed by atoms with van der Waals surface area (Å²) in [6.07, 6.45) is 0. The molecule has 140 valence electrons. The molecule has 2 rings (SSSR count). The monoisotopic (exact) mass is 371 g/mol. The third kappa shape index (κ3) is 3.33. The zero-order chi connectivity index (χ0) is 19.6. The molecule has 0 fully saturated rings. The maximum Gasteiger partial charge on any atom is 0.337 e. The standard InChI is InChI=1S/C15H15F2N3O6/c1-7-11(16)9(5-10(12(7)17)20(24)25)18-13-8(15(23)26-2)6-19(3-4-21)14(13)22/h5,18,21H,3-4,6H2,1-2H3. The van der Waals surface area contributed by atoms with Crippen molar-refractivity contribution in [2.75, 3.05) is 32.1 Å². The number of halogens is 2. The second-order valence-corrected chi connectivity index (χ2v) is 5.37. The Hall–Kier alpha value is -3.08. The predicted molar refractivity (Wildman–Crippen MR) is 84.1 cm³/mol. The minimum Gasteiger partial charge on any atom is -0.466 e. The van der Waals surface area contributed by atoms with Crippen LogP contribution in [0.3, 0.4) is 0 Å². The van der Waals surface area contributed by atoms with Crippen LogP contribution in [-0.4, -0.2) is 53.6 Å². The Morgan fingerprint density at radius 3 is 2.65 bits per heavy atom. The van der Waals surface area contributed by atoms with Crippen LogP contribution in [0.2, 0.25) is 0 Å². The van der Waals surface area contributed by atoms with Crippen molar-refractivity contribution >= 4 is 23.3 Å². The van der Waals surface area contributed by atoms with E-state index in [4.69, 9.17) is 5.11 Å². The molecule has 0 radical (unpaired) electrons. The van der Waals surface area contributed by atoms with E-state index in [1.54, 1.807) is 0 Å². The van der Waals surface area contributed by atoms with E-state index in [0.29, 0.717) is 6.07 Å². The number of ether oxygens (including phenoxy) is 1. The molecule has 0 aliphatic carbocycles. The van der Waals surface area contributed by atoms with Crippen molar-refractivity contribution in [3.05, 3.63) is 44.6 Å². The Morgan fingerprint density at radius 2 is 2.12 bits per heavy atom. The van der Waals surface area contributed by atoms with Gasteiger partial charge in [-0.2, -0.15) is 4.39 Å². The number of rotatable bonds is 6. The van der Waals surface area contributed by atoms with Crippen LogP contribution in [0.15, 0.2) is 17.3 Å². The number of hydrogen-bond donors (Lipinski definition) is 2. The number of aliphatic hydroxyl groups excluding tert-OH is 1. The van der Waals surface area contributed by atoms with Gasteiger partial charge in [-0.1, -0.05) is 0 Å². The molecule has 1 heterocycles. The molecular formula is C15H15F2N3O6. The molecule has 0 unspecified atom stereocenters. The second-order valence-electron chi connectivity index (χ2n) is 5.37. The van der Waals surface area contributed by atoms with Gasteiger partial charge in [-0.05, 0) is 6.92 Å². The van der Waals surface area contributed by atoms with Crippen LogP contribution in [0.4, 0.5) is 20.2 Å². The minimum atomic E-state index is -1.33. The summed E-state index contributed by atoms with van der Waals surface area (Å²) in [4.78, 5) is 35.2. The van der Waals surface area contributed by atoms with Crippen molar-refractivity contribution in [3.63, 3.8) is 0 Å². The van der Waals surface area contributed by atoms with Gasteiger partial charge in [0.05, 0.1) is 36.4 Å². The number of carbonyl (C=O) groups is 2. The summed E-state index contributed by atoms with van der Waals surface area (Å²) in [6.45, 7) is 0.351. The average molecular weight is 371 g/mol. The van der Waals surface area contributed by atoms with Crippen molar-refractivity contribution in [1.82, 2.24) is 4.90 Å². The van der Waals surface area contributed by atoms with E-state index in [-0.39, 0.29) is 31.0 Å². The third-order valence-electron chi connectivity index (χ3n) is 3.81. The molecule has 0 spiro atoms. The average Bonchev–Trinajstić information content (AvgIpc) is 2.91. The largest absolute Gasteiger partial charge is 0.466 e. The van der Waals surface area contributed by atoms with E-state index in [9.17, 15) is 28.5 Å². The lowest BCUT2D eigenvalue weighted by molar-refractivity contribution is -0.387. The van der Waals surface area contributed by atoms with Crippen LogP contribution in [0, 0.1) is 28.7 Å². The number of methoxy groups -OCH3 is 1. The van der Waals surface area contributed by atoms with Gasteiger partial charge in [0.15, 0.2) is 5.82 Å². The van der Waals surface area contributed by atoms with E-state index >= 15 is 0 Å². The number of esters is 1. The van der Waals surface area contributed by atoms with E-state index in [2.05, 4.69) is 10.1 Å². The normalized spacial score (nSPS) is 14.0. The summed E-state index contributed by atoms with van der Waals surface area (Å²) in [7, 11) is 1.08. The molecule has 0 aromatic heterocycles. The zero-order valence-corrected chi connectivity index (χ0v) is 13.8. The van der Waals surface area contributed by atoms with Gasteiger partial charge < -0.3 is 20.1 Å². The van der Waals surface area contributed by atoms with Crippen LogP contribution in [0.1, 0.15) is 5.56 Å². The number of hydrogen-bond acceptors (Lipinski definition) is 7. The van der Waals surface area contributed by atoms with Gasteiger partial charge >= 0.3 is 11.7 Å². The molecule has 11 heteroatoms. The van der Waals surface area contributed by atoms with Gasteiger partial charge in [0.2, 0.25) is 5.82 Å². The Kier molecular flexibility index (Phi) is 5.50. The van der Waals surface area contributed by atoms with Crippen molar-refractivity contribution in [2.45, 2.75) is 6.92 Å². The number of nitrogens with one attached hydrogen (secondary N) is 1. The number of nitrogens with zero attached hydrogens (tertiary/aromatic N) is 2. The van der Waals surface area contributed by atoms with Crippen LogP contribution >= 0.6 is 0 Å². The highest BCUT2D eigenvalue weighted by Gasteiger charge is 2.35. The Morgan fingerprint density at radius 1 is 1.46 bits per heavy atom. The highest BCUT2D eigenvalue weighted by atomic mass is 19.1. The van der Waals surface area contributed by atoms with E-state index < -0.39 is 45.4 Å². The summed E-state index contributed by atoms with van der Waals surface area (Å²) in [5.41, 5.74) is -2.63. The lowest BCUT2D eigenvalue weighted by Gasteiger charge is -2.15. The lowest BCUT2D eigenvalue weighted by atomic mass is 10.1. The maximum atomic E-state index is 14.3. The molecule has 2 N–H and O–H groups in total. The quantitative estimate of drug-likeness (QED) is 0.432. The first-order chi connectivity index (χ1) is 12.2. The lowest BCUT2D eigenvalue weighted by Crippen LogP contribution is -2.31. The van der Waals surface area contributed by atoms with Gasteiger partial charge in [0.1, 0.15) is 5.70 Å². The smallest absolute Gasteiger partial charge is 0.337 e. The molecule has 9 nitrogen and oxygen atoms in total. The molecule has 26 heavy (non-hydrogen) atoms. The number of nitro benzene ring substituents is 1. The first kappa shape index (κ1) is 19.2. The summed E-state index contributed by atoms with van der Waals surface area (Å²) in [5, 5.41) is 22.2. The predicted octanol–water partition coefficient (Wildman–Crippen LogP) is 0.855. The number of benzene rings is 1. The molecule has 1 amide bonds. The number of anilines is 1. The number of amides is 1. The third-order valence-corrected chi connectivity index (χ3v) is 3.81. The Balaban J connectivity index is 2.52. The first-order valence-electron chi connectivity index (χ1n) is 7.34. The molecule has 0 saturated heterocycles. The molecular weight excluding hydrogens is 356 g/mol. The number of aliphatic hydroxyl groups is 1. The molecule has 0 bridgehead atoms. The topological polar surface area (TPSA) is 122 Å². The SMILES string of the molecule is COC(=O)C1=C(Nc2cc([N+](=O)[O-])c(F)c(C)c2F)C(=O)N(CCO)C1. The minimum absolute atomic E-state index is 0.0877. The highest BCUT2D eigenvalue weighted by Crippen LogP contribution is 2.31. The highest BCUT2D eigenvalue weighted by molar-refractivity contribution is 6.08. The zero-order valence-electron chi connectivity index (χ0n) is 13.8. The van der Waals surface area contributed by atoms with E-state index in [0.717, 1.165) is 18.9 Å². The summed E-state index contributed by atoms with van der Waals surface area (Å²) in [5.74, 6) is -4.07. The van der Waals surface area contributed by atoms with Crippen molar-refractivity contribution in [2.24, 2.45) is 0 Å². The van der Waals surface area contributed by atoms with Crippen molar-refractivity contribution in [3.8, 4) is 0 Å². The van der Waals surface area contributed by atoms with Crippen LogP contribution in [-0.2, 0) is 14.3 Å². The van der Waals surface area contributed by atoms with Gasteiger partial charge in [0, 0.05) is 18.2 Å². The molecule has 0 atom stereocenters. The van der Waals surface area contributed by atoms with Gasteiger partial charge in [-0.25, -0.2) is 9.18 Å². The first-order valence-corrected chi connectivity index (χ1v) is 7.34. The van der Waals surface area contributed by atoms with E-state index in [1.807, 2.05) is 0 Å². The van der Waals surface area contributed by atoms with Gasteiger partial charge in [0.25, 0.3) is 5.91 Å². The van der Waals surface area contributed by atoms with Crippen LogP contribution in [0.25, 0.3) is 0 Å². The molecule has 1 aliphatic heterocycles. The fourth-order valence-corrected chi connectivity index (χ4v) is 2.46. The molecule has 0 saturated carbocycles. The maximum absolute atomic E-state index is 14.3.